The van der Waals surface area contributed by atoms with Gasteiger partial charge >= 0.3 is 6.09 Å². The fourth-order valence-corrected chi connectivity index (χ4v) is 0.942. The smallest absolute Gasteiger partial charge is 0.411 e. The summed E-state index contributed by atoms with van der Waals surface area (Å²) in [6.07, 6.45) is 1.16. The summed E-state index contributed by atoms with van der Waals surface area (Å²) < 4.78 is 4.90. The van der Waals surface area contributed by atoms with E-state index in [2.05, 4.69) is 12.2 Å². The normalized spacial score (nSPS) is 9.50. The average Bonchev–Trinajstić information content (AvgIpc) is 2.20. The van der Waals surface area contributed by atoms with Crippen molar-refractivity contribution in [3.63, 3.8) is 0 Å². The Labute approximate surface area is 84.1 Å². The Kier molecular flexibility index (Phi) is 4.55. The maximum atomic E-state index is 11.1. The van der Waals surface area contributed by atoms with Crippen LogP contribution >= 0.6 is 0 Å². The molecule has 1 rings (SSSR count). The first-order valence-electron chi connectivity index (χ1n) is 4.61. The first-order valence-corrected chi connectivity index (χ1v) is 4.61. The highest BCUT2D eigenvalue weighted by Gasteiger charge is 2.00. The van der Waals surface area contributed by atoms with Crippen molar-refractivity contribution < 1.29 is 9.53 Å². The van der Waals surface area contributed by atoms with E-state index < -0.39 is 6.09 Å². The number of benzene rings is 1. The van der Waals surface area contributed by atoms with Gasteiger partial charge in [0.2, 0.25) is 0 Å². The molecule has 0 aliphatic rings. The Bertz CT molecular complexity index is 272. The van der Waals surface area contributed by atoms with E-state index in [1.807, 2.05) is 30.3 Å². The molecule has 14 heavy (non-hydrogen) atoms. The minimum Gasteiger partial charge on any atom is -0.449 e. The summed E-state index contributed by atoms with van der Waals surface area (Å²) in [5.74, 6) is 0. The summed E-state index contributed by atoms with van der Waals surface area (Å²) in [6, 6.07) is 9.21. The largest absolute Gasteiger partial charge is 0.449 e. The monoisotopic (exact) mass is 192 g/mol. The highest BCUT2D eigenvalue weighted by Crippen LogP contribution is 2.05. The van der Waals surface area contributed by atoms with Crippen LogP contribution in [0.25, 0.3) is 0 Å². The fourth-order valence-electron chi connectivity index (χ4n) is 0.942. The molecular formula is C11H14NO2. The van der Waals surface area contributed by atoms with Gasteiger partial charge in [0, 0.05) is 5.69 Å². The van der Waals surface area contributed by atoms with Gasteiger partial charge in [0.15, 0.2) is 0 Å². The number of hydrogen-bond donors (Lipinski definition) is 1. The summed E-state index contributed by atoms with van der Waals surface area (Å²) in [5.41, 5.74) is 0.743. The Morgan fingerprint density at radius 2 is 2.07 bits per heavy atom. The van der Waals surface area contributed by atoms with E-state index in [1.165, 1.54) is 0 Å². The van der Waals surface area contributed by atoms with Crippen LogP contribution in [0.5, 0.6) is 0 Å². The predicted octanol–water partition coefficient (Wildman–Crippen LogP) is 2.85. The third-order valence-corrected chi connectivity index (χ3v) is 1.65. The number of carbonyl (C=O) groups excluding carboxylic acids is 1. The van der Waals surface area contributed by atoms with Gasteiger partial charge in [0.25, 0.3) is 0 Å². The average molecular weight is 192 g/mol. The fraction of sp³-hybridized carbons (Fsp3) is 0.273. The van der Waals surface area contributed by atoms with Crippen LogP contribution in [0.15, 0.2) is 30.3 Å². The van der Waals surface area contributed by atoms with E-state index in [9.17, 15) is 4.79 Å². The lowest BCUT2D eigenvalue weighted by molar-refractivity contribution is 0.160. The molecule has 3 heteroatoms. The molecule has 75 valence electrons. The second-order valence-electron chi connectivity index (χ2n) is 2.83. The Hall–Kier alpha value is -1.51. The zero-order valence-corrected chi connectivity index (χ0v) is 8.03. The molecule has 1 N–H and O–H groups in total. The van der Waals surface area contributed by atoms with E-state index in [4.69, 9.17) is 4.74 Å². The molecule has 0 unspecified atom stereocenters. The molecule has 0 heterocycles. The molecule has 0 atom stereocenters. The Morgan fingerprint density at radius 3 is 2.71 bits per heavy atom. The Morgan fingerprint density at radius 1 is 1.36 bits per heavy atom. The number of unbranched alkanes of at least 4 members (excludes halogenated alkanes) is 1. The summed E-state index contributed by atoms with van der Waals surface area (Å²) in [6.45, 7) is 4.07. The van der Waals surface area contributed by atoms with Crippen LogP contribution in [0.4, 0.5) is 10.5 Å². The van der Waals surface area contributed by atoms with Gasteiger partial charge in [0.1, 0.15) is 0 Å². The van der Waals surface area contributed by atoms with E-state index in [1.54, 1.807) is 0 Å². The first-order chi connectivity index (χ1) is 6.83. The Balaban J connectivity index is 2.27. The van der Waals surface area contributed by atoms with E-state index in [0.717, 1.165) is 18.5 Å². The second-order valence-corrected chi connectivity index (χ2v) is 2.83. The van der Waals surface area contributed by atoms with Crippen molar-refractivity contribution in [3.05, 3.63) is 37.3 Å². The van der Waals surface area contributed by atoms with Crippen molar-refractivity contribution in [2.45, 2.75) is 12.8 Å². The van der Waals surface area contributed by atoms with Crippen LogP contribution in [0, 0.1) is 6.92 Å². The molecule has 0 spiro atoms. The van der Waals surface area contributed by atoms with Crippen LogP contribution in [0.2, 0.25) is 0 Å². The van der Waals surface area contributed by atoms with Crippen molar-refractivity contribution in [3.8, 4) is 0 Å². The summed E-state index contributed by atoms with van der Waals surface area (Å²) in [4.78, 5) is 11.1. The number of hydrogen-bond acceptors (Lipinski definition) is 2. The van der Waals surface area contributed by atoms with Gasteiger partial charge in [-0.2, -0.15) is 0 Å². The van der Waals surface area contributed by atoms with Crippen molar-refractivity contribution in [2.75, 3.05) is 11.9 Å². The molecule has 0 fully saturated rings. The van der Waals surface area contributed by atoms with Crippen LogP contribution in [-0.4, -0.2) is 12.7 Å². The van der Waals surface area contributed by atoms with E-state index in [-0.39, 0.29) is 0 Å². The molecule has 0 aliphatic heterocycles. The van der Waals surface area contributed by atoms with Crippen molar-refractivity contribution >= 4 is 11.8 Å². The number of rotatable bonds is 4. The molecule has 1 aromatic rings. The minimum atomic E-state index is -0.412. The number of amides is 1. The van der Waals surface area contributed by atoms with Crippen LogP contribution in [0.3, 0.4) is 0 Å². The molecule has 0 saturated heterocycles. The third-order valence-electron chi connectivity index (χ3n) is 1.65. The number of anilines is 1. The maximum absolute atomic E-state index is 11.1. The summed E-state index contributed by atoms with van der Waals surface area (Å²) in [7, 11) is 0. The van der Waals surface area contributed by atoms with Crippen molar-refractivity contribution in [1.29, 1.82) is 0 Å². The van der Waals surface area contributed by atoms with Gasteiger partial charge in [-0.3, -0.25) is 5.32 Å². The van der Waals surface area contributed by atoms with Gasteiger partial charge in [-0.15, -0.1) is 0 Å². The molecule has 0 aliphatic carbocycles. The van der Waals surface area contributed by atoms with Gasteiger partial charge in [0.05, 0.1) is 6.61 Å². The van der Waals surface area contributed by atoms with Crippen molar-refractivity contribution in [1.82, 2.24) is 0 Å². The molecule has 3 nitrogen and oxygen atoms in total. The lowest BCUT2D eigenvalue weighted by Crippen LogP contribution is -2.14. The minimum absolute atomic E-state index is 0.412. The number of nitrogens with one attached hydrogen (secondary N) is 1. The SMILES string of the molecule is [CH2]CCCOC(=O)Nc1ccccc1. The first kappa shape index (κ1) is 10.6. The highest BCUT2D eigenvalue weighted by molar-refractivity contribution is 5.84. The second kappa shape index (κ2) is 6.02. The van der Waals surface area contributed by atoms with Gasteiger partial charge < -0.3 is 4.74 Å². The standard InChI is InChI=1S/C11H14NO2/c1-2-3-9-14-11(13)12-10-7-5-4-6-8-10/h4-8H,1-3,9H2,(H,12,13). The molecule has 0 aromatic heterocycles. The molecule has 0 bridgehead atoms. The van der Waals surface area contributed by atoms with Crippen LogP contribution in [0.1, 0.15) is 12.8 Å². The summed E-state index contributed by atoms with van der Waals surface area (Å²) >= 11 is 0. The van der Waals surface area contributed by atoms with E-state index >= 15 is 0 Å². The topological polar surface area (TPSA) is 38.3 Å². The quantitative estimate of drug-likeness (QED) is 0.745. The molecular weight excluding hydrogens is 178 g/mol. The molecule has 1 amide bonds. The van der Waals surface area contributed by atoms with Crippen LogP contribution < -0.4 is 5.32 Å². The predicted molar refractivity (Wildman–Crippen MR) is 56.0 cm³/mol. The number of ether oxygens (including phenoxy) is 1. The zero-order chi connectivity index (χ0) is 10.2. The van der Waals surface area contributed by atoms with Gasteiger partial charge in [-0.1, -0.05) is 31.5 Å². The lowest BCUT2D eigenvalue weighted by Gasteiger charge is -2.05. The zero-order valence-electron chi connectivity index (χ0n) is 8.03. The highest BCUT2D eigenvalue weighted by atomic mass is 16.5. The van der Waals surface area contributed by atoms with Gasteiger partial charge in [-0.25, -0.2) is 4.79 Å². The molecule has 0 saturated carbocycles. The van der Waals surface area contributed by atoms with Gasteiger partial charge in [-0.05, 0) is 18.6 Å². The molecule has 1 aromatic carbocycles. The number of carbonyl (C=O) groups is 1. The van der Waals surface area contributed by atoms with E-state index in [0.29, 0.717) is 6.61 Å². The van der Waals surface area contributed by atoms with Crippen LogP contribution in [-0.2, 0) is 4.74 Å². The molecule has 1 radical (unpaired) electrons. The number of para-hydroxylation sites is 1. The summed E-state index contributed by atoms with van der Waals surface area (Å²) in [5, 5.41) is 2.62. The van der Waals surface area contributed by atoms with Crippen molar-refractivity contribution in [2.24, 2.45) is 0 Å². The third kappa shape index (κ3) is 3.94. The maximum Gasteiger partial charge on any atom is 0.411 e. The lowest BCUT2D eigenvalue weighted by atomic mass is 10.3.